The van der Waals surface area contributed by atoms with Crippen LogP contribution in [0.5, 0.6) is 0 Å². The minimum absolute atomic E-state index is 0. The Kier molecular flexibility index (Phi) is 6.13. The molecule has 1 aliphatic carbocycles. The quantitative estimate of drug-likeness (QED) is 0.447. The molecular weight excluding hydrogens is 401 g/mol. The van der Waals surface area contributed by atoms with Gasteiger partial charge in [0.05, 0.1) is 4.92 Å². The highest BCUT2D eigenvalue weighted by molar-refractivity contribution is 7.89. The molecule has 0 saturated heterocycles. The average molecular weight is 418 g/mol. The van der Waals surface area contributed by atoms with Crippen molar-refractivity contribution < 1.29 is 13.3 Å². The molecule has 3 rings (SSSR count). The molecule has 0 bridgehead atoms. The molecule has 0 aromatic heterocycles. The van der Waals surface area contributed by atoms with Gasteiger partial charge in [0.1, 0.15) is 0 Å². The van der Waals surface area contributed by atoms with E-state index in [1.807, 2.05) is 6.07 Å². The fraction of sp³-hybridized carbons (Fsp3) is 0.250. The lowest BCUT2D eigenvalue weighted by molar-refractivity contribution is -0.387. The number of hydrogen-bond donors (Lipinski definition) is 2. The first-order valence-corrected chi connectivity index (χ1v) is 9.48. The molecule has 140 valence electrons. The summed E-state index contributed by atoms with van der Waals surface area (Å²) < 4.78 is 28.1. The van der Waals surface area contributed by atoms with Crippen LogP contribution >= 0.6 is 24.0 Å². The van der Waals surface area contributed by atoms with Gasteiger partial charge >= 0.3 is 0 Å². The number of aryl methyl sites for hydroxylation is 1. The highest BCUT2D eigenvalue weighted by Gasteiger charge is 2.30. The summed E-state index contributed by atoms with van der Waals surface area (Å²) in [6.45, 7) is 0. The zero-order chi connectivity index (χ0) is 18.2. The Morgan fingerprint density at radius 3 is 2.65 bits per heavy atom. The second-order valence-electron chi connectivity index (χ2n) is 5.89. The summed E-state index contributed by atoms with van der Waals surface area (Å²) in [5.74, 6) is 0. The lowest BCUT2D eigenvalue weighted by Gasteiger charge is -2.26. The van der Waals surface area contributed by atoms with Gasteiger partial charge < -0.3 is 5.73 Å². The van der Waals surface area contributed by atoms with Crippen LogP contribution < -0.4 is 10.5 Å². The van der Waals surface area contributed by atoms with Gasteiger partial charge in [-0.05, 0) is 54.7 Å². The number of nitrogens with two attached hydrogens (primary N) is 1. The van der Waals surface area contributed by atoms with Crippen LogP contribution in [0.1, 0.15) is 30.0 Å². The minimum Gasteiger partial charge on any atom is -0.399 e. The first-order valence-electron chi connectivity index (χ1n) is 7.62. The third-order valence-corrected chi connectivity index (χ3v) is 5.92. The van der Waals surface area contributed by atoms with Gasteiger partial charge in [-0.1, -0.05) is 17.7 Å². The topological polar surface area (TPSA) is 115 Å². The number of nitrogens with one attached hydrogen (secondary N) is 1. The molecule has 2 aromatic carbocycles. The zero-order valence-electron chi connectivity index (χ0n) is 13.5. The van der Waals surface area contributed by atoms with Gasteiger partial charge in [-0.3, -0.25) is 10.1 Å². The summed E-state index contributed by atoms with van der Waals surface area (Å²) >= 11 is 5.84. The van der Waals surface area contributed by atoms with E-state index >= 15 is 0 Å². The number of hydrogen-bond acceptors (Lipinski definition) is 5. The van der Waals surface area contributed by atoms with Crippen molar-refractivity contribution in [3.05, 3.63) is 62.7 Å². The van der Waals surface area contributed by atoms with E-state index in [0.29, 0.717) is 12.1 Å². The number of sulfonamides is 1. The van der Waals surface area contributed by atoms with Crippen LogP contribution in [0.4, 0.5) is 11.4 Å². The number of halogens is 2. The van der Waals surface area contributed by atoms with Crippen molar-refractivity contribution >= 4 is 45.4 Å². The fourth-order valence-corrected chi connectivity index (χ4v) is 4.74. The zero-order valence-corrected chi connectivity index (χ0v) is 15.9. The summed E-state index contributed by atoms with van der Waals surface area (Å²) in [7, 11) is -4.12. The van der Waals surface area contributed by atoms with E-state index in [1.165, 1.54) is 6.07 Å². The van der Waals surface area contributed by atoms with E-state index in [0.717, 1.165) is 36.1 Å². The molecule has 26 heavy (non-hydrogen) atoms. The minimum atomic E-state index is -4.12. The van der Waals surface area contributed by atoms with Crippen LogP contribution in [0.15, 0.2) is 41.3 Å². The van der Waals surface area contributed by atoms with Crippen LogP contribution in [0.2, 0.25) is 5.02 Å². The maximum atomic E-state index is 12.8. The van der Waals surface area contributed by atoms with Gasteiger partial charge in [0.2, 0.25) is 10.0 Å². The van der Waals surface area contributed by atoms with Crippen LogP contribution in [-0.2, 0) is 16.4 Å². The number of anilines is 1. The van der Waals surface area contributed by atoms with Gasteiger partial charge in [-0.15, -0.1) is 12.4 Å². The molecule has 1 atom stereocenters. The molecule has 0 saturated carbocycles. The molecule has 0 heterocycles. The number of fused-ring (bicyclic) bond motifs is 1. The molecule has 7 nitrogen and oxygen atoms in total. The van der Waals surface area contributed by atoms with E-state index in [1.54, 1.807) is 12.1 Å². The maximum absolute atomic E-state index is 12.8. The Morgan fingerprint density at radius 1 is 1.23 bits per heavy atom. The lowest BCUT2D eigenvalue weighted by atomic mass is 9.88. The summed E-state index contributed by atoms with van der Waals surface area (Å²) in [6, 6.07) is 8.35. The Balaban J connectivity index is 0.00000243. The molecule has 0 spiro atoms. The first-order chi connectivity index (χ1) is 11.8. The molecule has 2 aromatic rings. The summed E-state index contributed by atoms with van der Waals surface area (Å²) in [6.07, 6.45) is 2.21. The van der Waals surface area contributed by atoms with Gasteiger partial charge in [0, 0.05) is 22.8 Å². The van der Waals surface area contributed by atoms with Crippen LogP contribution in [0.3, 0.4) is 0 Å². The Bertz CT molecular complexity index is 951. The van der Waals surface area contributed by atoms with Crippen LogP contribution in [0.25, 0.3) is 0 Å². The second kappa shape index (κ2) is 7.79. The smallest absolute Gasteiger partial charge is 0.289 e. The molecular formula is C16H17Cl2N3O4S. The number of rotatable bonds is 4. The van der Waals surface area contributed by atoms with Crippen molar-refractivity contribution in [2.75, 3.05) is 5.73 Å². The highest BCUT2D eigenvalue weighted by Crippen LogP contribution is 2.34. The summed E-state index contributed by atoms with van der Waals surface area (Å²) in [4.78, 5) is 9.99. The number of nitro groups is 1. The summed E-state index contributed by atoms with van der Waals surface area (Å²) in [5, 5.41) is 11.3. The predicted molar refractivity (Wildman–Crippen MR) is 102 cm³/mol. The van der Waals surface area contributed by atoms with Crippen molar-refractivity contribution in [1.29, 1.82) is 0 Å². The van der Waals surface area contributed by atoms with Crippen molar-refractivity contribution in [1.82, 2.24) is 4.72 Å². The normalized spacial score (nSPS) is 16.4. The van der Waals surface area contributed by atoms with E-state index in [9.17, 15) is 18.5 Å². The third kappa shape index (κ3) is 4.09. The number of nitro benzene ring substituents is 1. The number of nitrogen functional groups attached to an aromatic ring is 1. The predicted octanol–water partition coefficient (Wildman–Crippen LogP) is 3.61. The molecule has 0 aliphatic heterocycles. The van der Waals surface area contributed by atoms with E-state index in [4.69, 9.17) is 17.3 Å². The largest absolute Gasteiger partial charge is 0.399 e. The molecule has 0 radical (unpaired) electrons. The fourth-order valence-electron chi connectivity index (χ4n) is 3.06. The average Bonchev–Trinajstić information content (AvgIpc) is 2.54. The van der Waals surface area contributed by atoms with E-state index in [2.05, 4.69) is 4.72 Å². The lowest BCUT2D eigenvalue weighted by Crippen LogP contribution is -2.31. The Morgan fingerprint density at radius 2 is 1.96 bits per heavy atom. The van der Waals surface area contributed by atoms with Crippen molar-refractivity contribution in [2.45, 2.75) is 30.2 Å². The van der Waals surface area contributed by atoms with E-state index < -0.39 is 31.6 Å². The van der Waals surface area contributed by atoms with Crippen molar-refractivity contribution in [2.24, 2.45) is 0 Å². The van der Waals surface area contributed by atoms with Gasteiger partial charge in [-0.2, -0.15) is 0 Å². The van der Waals surface area contributed by atoms with Crippen LogP contribution in [-0.4, -0.2) is 13.3 Å². The third-order valence-electron chi connectivity index (χ3n) is 4.19. The SMILES string of the molecule is Cl.Nc1ccc2c(c1)CCCC2NS(=O)(=O)c1cc(Cl)ccc1[N+](=O)[O-]. The molecule has 1 aliphatic rings. The summed E-state index contributed by atoms with van der Waals surface area (Å²) in [5.41, 5.74) is 7.72. The van der Waals surface area contributed by atoms with Gasteiger partial charge in [0.15, 0.2) is 4.90 Å². The number of nitrogens with zero attached hydrogens (tertiary/aromatic N) is 1. The van der Waals surface area contributed by atoms with E-state index in [-0.39, 0.29) is 17.4 Å². The molecule has 1 unspecified atom stereocenters. The molecule has 0 amide bonds. The highest BCUT2D eigenvalue weighted by atomic mass is 35.5. The number of benzene rings is 2. The maximum Gasteiger partial charge on any atom is 0.289 e. The Labute approximate surface area is 162 Å². The van der Waals surface area contributed by atoms with Gasteiger partial charge in [0.25, 0.3) is 5.69 Å². The van der Waals surface area contributed by atoms with Crippen LogP contribution in [0, 0.1) is 10.1 Å². The monoisotopic (exact) mass is 417 g/mol. The van der Waals surface area contributed by atoms with Crippen molar-refractivity contribution in [3.8, 4) is 0 Å². The molecule has 0 fully saturated rings. The Hall–Kier alpha value is -1.87. The first kappa shape index (κ1) is 20.4. The standard InChI is InChI=1S/C16H16ClN3O4S.ClH/c17-11-4-7-15(20(21)22)16(9-11)25(23,24)19-14-3-1-2-10-8-12(18)5-6-13(10)14;/h4-9,14,19H,1-3,18H2;1H. The van der Waals surface area contributed by atoms with Crippen molar-refractivity contribution in [3.63, 3.8) is 0 Å². The molecule has 10 heteroatoms. The molecule has 3 N–H and O–H groups in total. The van der Waals surface area contributed by atoms with Gasteiger partial charge in [-0.25, -0.2) is 13.1 Å². The second-order valence-corrected chi connectivity index (χ2v) is 8.01.